The van der Waals surface area contributed by atoms with E-state index in [0.717, 1.165) is 0 Å². The quantitative estimate of drug-likeness (QED) is 0.626. The van der Waals surface area contributed by atoms with Crippen LogP contribution in [0.1, 0.15) is 67.2 Å². The van der Waals surface area contributed by atoms with Crippen LogP contribution >= 0.6 is 0 Å². The van der Waals surface area contributed by atoms with Crippen LogP contribution < -0.4 is 0 Å². The first-order chi connectivity index (χ1) is 14.1. The minimum absolute atomic E-state index is 0.114. The van der Waals surface area contributed by atoms with Crippen molar-refractivity contribution in [2.24, 2.45) is 34.5 Å². The summed E-state index contributed by atoms with van der Waals surface area (Å²) < 4.78 is 14.9. The van der Waals surface area contributed by atoms with Gasteiger partial charge in [0, 0.05) is 29.2 Å². The van der Waals surface area contributed by atoms with E-state index in [0.29, 0.717) is 13.0 Å². The molecule has 0 bridgehead atoms. The van der Waals surface area contributed by atoms with Gasteiger partial charge in [-0.15, -0.1) is 0 Å². The second-order valence-corrected chi connectivity index (χ2v) is 11.0. The van der Waals surface area contributed by atoms with Crippen LogP contribution in [0.2, 0.25) is 0 Å². The molecular formula is C23H36FNO6. The predicted molar refractivity (Wildman–Crippen MR) is 112 cm³/mol. The van der Waals surface area contributed by atoms with Crippen LogP contribution in [-0.4, -0.2) is 57.5 Å². The van der Waals surface area contributed by atoms with E-state index in [1.54, 1.807) is 41.5 Å². The molecule has 0 spiro atoms. The van der Waals surface area contributed by atoms with Gasteiger partial charge in [-0.05, 0) is 31.6 Å². The predicted octanol–water partition coefficient (Wildman–Crippen LogP) is 3.40. The van der Waals surface area contributed by atoms with E-state index in [2.05, 4.69) is 0 Å². The minimum Gasteiger partial charge on any atom is -0.481 e. The molecule has 1 heterocycles. The van der Waals surface area contributed by atoms with Gasteiger partial charge in [0.05, 0.1) is 5.92 Å². The number of carboxylic acid groups (broad SMARTS) is 2. The zero-order valence-electron chi connectivity index (χ0n) is 19.4. The van der Waals surface area contributed by atoms with Gasteiger partial charge in [-0.25, -0.2) is 9.18 Å². The van der Waals surface area contributed by atoms with Crippen molar-refractivity contribution in [3.63, 3.8) is 0 Å². The lowest BCUT2D eigenvalue weighted by Gasteiger charge is -2.33. The molecular weight excluding hydrogens is 405 g/mol. The first-order valence-electron chi connectivity index (χ1n) is 11.0. The molecule has 1 unspecified atom stereocenters. The number of hydrogen-bond donors (Lipinski definition) is 2. The molecule has 0 aromatic heterocycles. The van der Waals surface area contributed by atoms with E-state index in [1.807, 2.05) is 0 Å². The van der Waals surface area contributed by atoms with Crippen molar-refractivity contribution in [1.29, 1.82) is 0 Å². The van der Waals surface area contributed by atoms with Crippen LogP contribution in [0.4, 0.5) is 4.39 Å². The number of carbonyl (C=O) groups is 4. The van der Waals surface area contributed by atoms with Gasteiger partial charge in [-0.2, -0.15) is 0 Å². The summed E-state index contributed by atoms with van der Waals surface area (Å²) in [4.78, 5) is 50.8. The fourth-order valence-corrected chi connectivity index (χ4v) is 5.20. The Hall–Kier alpha value is -1.99. The molecule has 1 aliphatic carbocycles. The molecule has 0 aromatic carbocycles. The lowest BCUT2D eigenvalue weighted by molar-refractivity contribution is -0.154. The Morgan fingerprint density at radius 3 is 2.10 bits per heavy atom. The van der Waals surface area contributed by atoms with Gasteiger partial charge in [0.1, 0.15) is 18.0 Å². The lowest BCUT2D eigenvalue weighted by atomic mass is 9.75. The van der Waals surface area contributed by atoms with E-state index in [-0.39, 0.29) is 36.9 Å². The molecule has 1 aliphatic heterocycles. The van der Waals surface area contributed by atoms with Crippen LogP contribution in [0.3, 0.4) is 0 Å². The average Bonchev–Trinajstić information content (AvgIpc) is 3.17. The number of nitrogens with zero attached hydrogens (tertiary/aromatic N) is 1. The molecule has 7 nitrogen and oxygen atoms in total. The number of carboxylic acids is 2. The number of Topliss-reactive ketones (excluding diaryl/α,β-unsaturated/α-hetero) is 1. The van der Waals surface area contributed by atoms with Crippen LogP contribution in [0.15, 0.2) is 0 Å². The van der Waals surface area contributed by atoms with Crippen LogP contribution in [0.5, 0.6) is 0 Å². The summed E-state index contributed by atoms with van der Waals surface area (Å²) in [6.45, 7) is 10.6. The van der Waals surface area contributed by atoms with Gasteiger partial charge < -0.3 is 15.1 Å². The average molecular weight is 442 g/mol. The maximum atomic E-state index is 14.9. The number of rotatable bonds is 7. The Bertz CT molecular complexity index is 743. The van der Waals surface area contributed by atoms with Crippen molar-refractivity contribution in [1.82, 2.24) is 4.90 Å². The van der Waals surface area contributed by atoms with Crippen molar-refractivity contribution in [2.75, 3.05) is 6.54 Å². The molecule has 2 fully saturated rings. The fraction of sp³-hybridized carbons (Fsp3) is 0.826. The molecule has 176 valence electrons. The van der Waals surface area contributed by atoms with Crippen molar-refractivity contribution < 1.29 is 33.8 Å². The third-order valence-corrected chi connectivity index (χ3v) is 7.10. The smallest absolute Gasteiger partial charge is 0.326 e. The van der Waals surface area contributed by atoms with E-state index < -0.39 is 52.7 Å². The number of carbonyl (C=O) groups excluding carboxylic acids is 2. The molecule has 0 aromatic rings. The first-order valence-corrected chi connectivity index (χ1v) is 11.0. The Morgan fingerprint density at radius 2 is 1.61 bits per heavy atom. The molecule has 31 heavy (non-hydrogen) atoms. The molecule has 1 saturated carbocycles. The Labute approximate surface area is 183 Å². The summed E-state index contributed by atoms with van der Waals surface area (Å²) in [7, 11) is 0. The summed E-state index contributed by atoms with van der Waals surface area (Å²) in [5.41, 5.74) is -1.73. The standard InChI is InChI=1S/C23H36FNO6/c1-12-8-10-25(17(12)20(29)30)21(31)23(5,6)9-7-13-15(24)11-14(16(13)19(27)28)18(26)22(2,3)4/h12-17H,7-11H2,1-6H3,(H,27,28)(H,29,30)/t12-,13-,14?,15-,16+,17-/m0/s1. The first kappa shape index (κ1) is 25.3. The molecule has 8 heteroatoms. The number of alkyl halides is 1. The van der Waals surface area contributed by atoms with Gasteiger partial charge in [0.25, 0.3) is 0 Å². The molecule has 2 N–H and O–H groups in total. The number of ketones is 1. The summed E-state index contributed by atoms with van der Waals surface area (Å²) in [5.74, 6) is -5.79. The maximum Gasteiger partial charge on any atom is 0.326 e. The molecule has 1 amide bonds. The van der Waals surface area contributed by atoms with Gasteiger partial charge in [-0.1, -0.05) is 41.5 Å². The van der Waals surface area contributed by atoms with Gasteiger partial charge >= 0.3 is 11.9 Å². The topological polar surface area (TPSA) is 112 Å². The monoisotopic (exact) mass is 441 g/mol. The van der Waals surface area contributed by atoms with Gasteiger partial charge in [0.15, 0.2) is 0 Å². The number of amides is 1. The number of halogens is 1. The number of aliphatic carboxylic acids is 2. The van der Waals surface area contributed by atoms with Crippen molar-refractivity contribution in [3.05, 3.63) is 0 Å². The highest BCUT2D eigenvalue weighted by Crippen LogP contribution is 2.46. The Balaban J connectivity index is 2.16. The Morgan fingerprint density at radius 1 is 1.03 bits per heavy atom. The largest absolute Gasteiger partial charge is 0.481 e. The summed E-state index contributed by atoms with van der Waals surface area (Å²) in [6, 6.07) is -0.882. The second-order valence-electron chi connectivity index (χ2n) is 11.0. The van der Waals surface area contributed by atoms with E-state index in [4.69, 9.17) is 0 Å². The highest BCUT2D eigenvalue weighted by atomic mass is 19.1. The molecule has 1 saturated heterocycles. The number of likely N-dealkylation sites (tertiary alicyclic amines) is 1. The molecule has 6 atom stereocenters. The lowest BCUT2D eigenvalue weighted by Crippen LogP contribution is -2.48. The highest BCUT2D eigenvalue weighted by Gasteiger charge is 2.53. The van der Waals surface area contributed by atoms with E-state index in [9.17, 15) is 33.8 Å². The SMILES string of the molecule is C[C@H]1CCN(C(=O)C(C)(C)CC[C@H]2[C@@H](F)CC(C(=O)C(C)(C)C)[C@@H]2C(=O)O)[C@@H]1C(=O)O. The summed E-state index contributed by atoms with van der Waals surface area (Å²) in [5, 5.41) is 19.3. The normalized spacial score (nSPS) is 31.6. The zero-order chi connectivity index (χ0) is 23.9. The molecule has 0 radical (unpaired) electrons. The van der Waals surface area contributed by atoms with Crippen molar-refractivity contribution in [3.8, 4) is 0 Å². The second kappa shape index (κ2) is 8.87. The van der Waals surface area contributed by atoms with Crippen LogP contribution in [0.25, 0.3) is 0 Å². The Kier molecular flexibility index (Phi) is 7.23. The van der Waals surface area contributed by atoms with E-state index in [1.165, 1.54) is 4.90 Å². The number of hydrogen-bond acceptors (Lipinski definition) is 4. The zero-order valence-corrected chi connectivity index (χ0v) is 19.4. The third kappa shape index (κ3) is 5.09. The van der Waals surface area contributed by atoms with Crippen molar-refractivity contribution in [2.45, 2.75) is 79.4 Å². The van der Waals surface area contributed by atoms with Crippen molar-refractivity contribution >= 4 is 23.6 Å². The minimum atomic E-state index is -1.43. The summed E-state index contributed by atoms with van der Waals surface area (Å²) in [6.07, 6.45) is -0.579. The maximum absolute atomic E-state index is 14.9. The third-order valence-electron chi connectivity index (χ3n) is 7.10. The van der Waals surface area contributed by atoms with Crippen LogP contribution in [0, 0.1) is 34.5 Å². The van der Waals surface area contributed by atoms with E-state index >= 15 is 0 Å². The van der Waals surface area contributed by atoms with Crippen LogP contribution in [-0.2, 0) is 19.2 Å². The van der Waals surface area contributed by atoms with Gasteiger partial charge in [0.2, 0.25) is 5.91 Å². The molecule has 2 rings (SSSR count). The fourth-order valence-electron chi connectivity index (χ4n) is 5.20. The summed E-state index contributed by atoms with van der Waals surface area (Å²) >= 11 is 0. The van der Waals surface area contributed by atoms with Gasteiger partial charge in [-0.3, -0.25) is 14.4 Å². The highest BCUT2D eigenvalue weighted by molar-refractivity contribution is 5.91. The molecule has 2 aliphatic rings.